The molecule has 0 unspecified atom stereocenters. The van der Waals surface area contributed by atoms with Crippen LogP contribution in [-0.2, 0) is 4.79 Å². The monoisotopic (exact) mass is 430 g/mol. The number of fused-ring (bicyclic) bond motifs is 1. The van der Waals surface area contributed by atoms with Crippen molar-refractivity contribution in [2.24, 2.45) is 0 Å². The van der Waals surface area contributed by atoms with Crippen LogP contribution in [0.25, 0.3) is 17.3 Å². The zero-order valence-corrected chi connectivity index (χ0v) is 16.6. The van der Waals surface area contributed by atoms with E-state index >= 15 is 0 Å². The first-order valence-electron chi connectivity index (χ1n) is 8.91. The van der Waals surface area contributed by atoms with Crippen LogP contribution in [0.4, 0.5) is 13.9 Å². The quantitative estimate of drug-likeness (QED) is 0.603. The molecule has 4 rings (SSSR count). The van der Waals surface area contributed by atoms with Crippen molar-refractivity contribution in [1.82, 2.24) is 4.98 Å². The van der Waals surface area contributed by atoms with Crippen LogP contribution in [0.1, 0.15) is 5.56 Å². The number of rotatable bonds is 5. The molecule has 0 saturated carbocycles. The minimum atomic E-state index is -0.591. The van der Waals surface area contributed by atoms with Gasteiger partial charge in [-0.1, -0.05) is 0 Å². The number of amides is 1. The molecule has 1 N–H and O–H groups in total. The first-order valence-corrected chi connectivity index (χ1v) is 9.79. The standard InChI is InChI=1S/C21H16F2N2O4S/c1-27-17-8-12(9-18-20(17)29-7-6-28-18)2-5-19(26)25-21-24-16(11-30-21)14-10-13(22)3-4-15(14)23/h2-5,8-11H,6-7H2,1H3,(H,24,25,26)/b5-2+. The summed E-state index contributed by atoms with van der Waals surface area (Å²) in [5, 5.41) is 4.42. The molecule has 6 nitrogen and oxygen atoms in total. The van der Waals surface area contributed by atoms with Gasteiger partial charge >= 0.3 is 0 Å². The van der Waals surface area contributed by atoms with Gasteiger partial charge in [0, 0.05) is 17.0 Å². The summed E-state index contributed by atoms with van der Waals surface area (Å²) >= 11 is 1.11. The summed E-state index contributed by atoms with van der Waals surface area (Å²) in [7, 11) is 1.52. The number of anilines is 1. The summed E-state index contributed by atoms with van der Waals surface area (Å²) in [6.07, 6.45) is 2.92. The number of ether oxygens (including phenoxy) is 3. The van der Waals surface area contributed by atoms with Crippen molar-refractivity contribution < 1.29 is 27.8 Å². The lowest BCUT2D eigenvalue weighted by Gasteiger charge is -2.20. The largest absolute Gasteiger partial charge is 0.493 e. The minimum Gasteiger partial charge on any atom is -0.493 e. The first kappa shape index (κ1) is 19.8. The van der Waals surface area contributed by atoms with E-state index in [1.54, 1.807) is 23.6 Å². The number of nitrogens with one attached hydrogen (secondary N) is 1. The molecule has 3 aromatic rings. The van der Waals surface area contributed by atoms with E-state index in [0.717, 1.165) is 29.5 Å². The van der Waals surface area contributed by atoms with Crippen molar-refractivity contribution >= 4 is 28.5 Å². The topological polar surface area (TPSA) is 69.7 Å². The minimum absolute atomic E-state index is 0.0330. The van der Waals surface area contributed by atoms with Crippen molar-refractivity contribution in [1.29, 1.82) is 0 Å². The maximum atomic E-state index is 13.9. The van der Waals surface area contributed by atoms with Crippen molar-refractivity contribution in [3.05, 3.63) is 59.0 Å². The van der Waals surface area contributed by atoms with Crippen molar-refractivity contribution in [2.75, 3.05) is 25.6 Å². The second-order valence-corrected chi connectivity index (χ2v) is 7.09. The normalized spacial score (nSPS) is 12.8. The molecule has 2 aromatic carbocycles. The smallest absolute Gasteiger partial charge is 0.250 e. The van der Waals surface area contributed by atoms with Crippen LogP contribution in [0, 0.1) is 11.6 Å². The highest BCUT2D eigenvalue weighted by Crippen LogP contribution is 2.40. The molecule has 154 valence electrons. The van der Waals surface area contributed by atoms with Crippen molar-refractivity contribution in [3.63, 3.8) is 0 Å². The fourth-order valence-electron chi connectivity index (χ4n) is 2.86. The van der Waals surface area contributed by atoms with Gasteiger partial charge < -0.3 is 14.2 Å². The molecule has 1 aromatic heterocycles. The van der Waals surface area contributed by atoms with Gasteiger partial charge in [-0.05, 0) is 42.0 Å². The van der Waals surface area contributed by atoms with Crippen LogP contribution in [0.2, 0.25) is 0 Å². The van der Waals surface area contributed by atoms with Gasteiger partial charge in [0.15, 0.2) is 16.6 Å². The summed E-state index contributed by atoms with van der Waals surface area (Å²) in [4.78, 5) is 16.4. The molecular formula is C21H16F2N2O4S. The molecule has 0 atom stereocenters. The molecule has 0 aliphatic carbocycles. The molecule has 0 fully saturated rings. The molecule has 9 heteroatoms. The molecule has 1 amide bonds. The van der Waals surface area contributed by atoms with Gasteiger partial charge in [0.1, 0.15) is 24.8 Å². The third-order valence-corrected chi connectivity index (χ3v) is 4.97. The Bertz CT molecular complexity index is 1110. The van der Waals surface area contributed by atoms with E-state index in [4.69, 9.17) is 14.2 Å². The van der Waals surface area contributed by atoms with Crippen LogP contribution in [0.3, 0.4) is 0 Å². The Morgan fingerprint density at radius 3 is 2.90 bits per heavy atom. The summed E-state index contributed by atoms with van der Waals surface area (Å²) < 4.78 is 43.7. The Morgan fingerprint density at radius 2 is 2.07 bits per heavy atom. The third-order valence-electron chi connectivity index (χ3n) is 4.22. The highest BCUT2D eigenvalue weighted by Gasteiger charge is 2.18. The van der Waals surface area contributed by atoms with Crippen LogP contribution in [0.15, 0.2) is 41.8 Å². The predicted octanol–water partition coefficient (Wildman–Crippen LogP) is 4.52. The molecule has 0 radical (unpaired) electrons. The second-order valence-electron chi connectivity index (χ2n) is 6.23. The van der Waals surface area contributed by atoms with Crippen LogP contribution >= 0.6 is 11.3 Å². The molecule has 2 heterocycles. The summed E-state index contributed by atoms with van der Waals surface area (Å²) in [5.74, 6) is 0.000748. The number of hydrogen-bond acceptors (Lipinski definition) is 6. The maximum Gasteiger partial charge on any atom is 0.250 e. The van der Waals surface area contributed by atoms with Gasteiger partial charge in [-0.25, -0.2) is 13.8 Å². The highest BCUT2D eigenvalue weighted by atomic mass is 32.1. The van der Waals surface area contributed by atoms with Crippen LogP contribution in [-0.4, -0.2) is 31.2 Å². The number of thiazole rings is 1. The lowest BCUT2D eigenvalue weighted by Crippen LogP contribution is -2.16. The summed E-state index contributed by atoms with van der Waals surface area (Å²) in [5.41, 5.74) is 0.964. The fourth-order valence-corrected chi connectivity index (χ4v) is 3.57. The van der Waals surface area contributed by atoms with Gasteiger partial charge in [0.2, 0.25) is 11.7 Å². The molecule has 1 aliphatic heterocycles. The fraction of sp³-hybridized carbons (Fsp3) is 0.143. The van der Waals surface area contributed by atoms with Crippen LogP contribution < -0.4 is 19.5 Å². The van der Waals surface area contributed by atoms with E-state index in [1.807, 2.05) is 0 Å². The summed E-state index contributed by atoms with van der Waals surface area (Å²) in [6.45, 7) is 0.873. The van der Waals surface area contributed by atoms with E-state index in [9.17, 15) is 13.6 Å². The van der Waals surface area contributed by atoms with Gasteiger partial charge in [-0.2, -0.15) is 0 Å². The number of hydrogen-bond donors (Lipinski definition) is 1. The van der Waals surface area contributed by atoms with E-state index < -0.39 is 17.5 Å². The second kappa shape index (κ2) is 8.50. The van der Waals surface area contributed by atoms with E-state index in [1.165, 1.54) is 13.2 Å². The molecule has 0 saturated heterocycles. The number of carbonyl (C=O) groups excluding carboxylic acids is 1. The SMILES string of the molecule is COc1cc(/C=C/C(=O)Nc2nc(-c3cc(F)ccc3F)cs2)cc2c1OCCO2. The molecule has 0 bridgehead atoms. The third kappa shape index (κ3) is 4.25. The zero-order valence-electron chi connectivity index (χ0n) is 15.8. The Balaban J connectivity index is 1.47. The van der Waals surface area contributed by atoms with E-state index in [2.05, 4.69) is 10.3 Å². The zero-order chi connectivity index (χ0) is 21.1. The number of aromatic nitrogens is 1. The average Bonchev–Trinajstić information content (AvgIpc) is 3.21. The van der Waals surface area contributed by atoms with Crippen LogP contribution in [0.5, 0.6) is 17.2 Å². The molecular weight excluding hydrogens is 414 g/mol. The molecule has 0 spiro atoms. The lowest BCUT2D eigenvalue weighted by molar-refractivity contribution is -0.111. The maximum absolute atomic E-state index is 13.9. The van der Waals surface area contributed by atoms with Crippen molar-refractivity contribution in [2.45, 2.75) is 0 Å². The number of carbonyl (C=O) groups is 1. The highest BCUT2D eigenvalue weighted by molar-refractivity contribution is 7.14. The molecule has 30 heavy (non-hydrogen) atoms. The van der Waals surface area contributed by atoms with E-state index in [-0.39, 0.29) is 16.4 Å². The van der Waals surface area contributed by atoms with Gasteiger partial charge in [-0.15, -0.1) is 11.3 Å². The number of methoxy groups -OCH3 is 1. The van der Waals surface area contributed by atoms with Gasteiger partial charge in [0.25, 0.3) is 0 Å². The first-order chi connectivity index (χ1) is 14.5. The molecule has 1 aliphatic rings. The lowest BCUT2D eigenvalue weighted by atomic mass is 10.1. The number of halogens is 2. The Kier molecular flexibility index (Phi) is 5.62. The van der Waals surface area contributed by atoms with Crippen molar-refractivity contribution in [3.8, 4) is 28.5 Å². The van der Waals surface area contributed by atoms with Gasteiger partial charge in [0.05, 0.1) is 12.8 Å². The number of nitrogens with zero attached hydrogens (tertiary/aromatic N) is 1. The average molecular weight is 430 g/mol. The Hall–Kier alpha value is -3.46. The predicted molar refractivity (Wildman–Crippen MR) is 109 cm³/mol. The van der Waals surface area contributed by atoms with Gasteiger partial charge in [-0.3, -0.25) is 10.1 Å². The Labute approximate surface area is 174 Å². The summed E-state index contributed by atoms with van der Waals surface area (Å²) in [6, 6.07) is 6.60. The number of benzene rings is 2. The van der Waals surface area contributed by atoms with E-state index in [0.29, 0.717) is 36.0 Å². The Morgan fingerprint density at radius 1 is 1.23 bits per heavy atom.